The first-order chi connectivity index (χ1) is 17.0. The summed E-state index contributed by atoms with van der Waals surface area (Å²) in [5, 5.41) is 9.40. The predicted molar refractivity (Wildman–Crippen MR) is 134 cm³/mol. The van der Waals surface area contributed by atoms with E-state index in [-0.39, 0.29) is 40.3 Å². The molecule has 0 bridgehead atoms. The molecule has 3 aromatic carbocycles. The number of phenolic OH excluding ortho intramolecular Hbond substituents is 1. The molecule has 4 rings (SSSR count). The fourth-order valence-corrected chi connectivity index (χ4v) is 4.58. The summed E-state index contributed by atoms with van der Waals surface area (Å²) >= 11 is 0. The Hall–Kier alpha value is -3.47. The highest BCUT2D eigenvalue weighted by molar-refractivity contribution is 5.67. The molecule has 0 aliphatic heterocycles. The van der Waals surface area contributed by atoms with Gasteiger partial charge < -0.3 is 9.84 Å². The van der Waals surface area contributed by atoms with E-state index >= 15 is 0 Å². The van der Waals surface area contributed by atoms with Crippen LogP contribution in [-0.4, -0.2) is 11.7 Å². The normalized spacial score (nSPS) is 18.0. The second-order valence-corrected chi connectivity index (χ2v) is 8.96. The van der Waals surface area contributed by atoms with Crippen LogP contribution < -0.4 is 4.74 Å². The zero-order chi connectivity index (χ0) is 24.8. The van der Waals surface area contributed by atoms with Gasteiger partial charge in [0.2, 0.25) is 0 Å². The molecule has 0 amide bonds. The minimum Gasteiger partial charge on any atom is -0.508 e. The van der Waals surface area contributed by atoms with E-state index in [1.165, 1.54) is 12.1 Å². The van der Waals surface area contributed by atoms with Crippen molar-refractivity contribution in [2.75, 3.05) is 6.61 Å². The van der Waals surface area contributed by atoms with Gasteiger partial charge in [-0.15, -0.1) is 6.58 Å². The number of halogens is 3. The molecule has 0 atom stereocenters. The molecule has 0 unspecified atom stereocenters. The van der Waals surface area contributed by atoms with Gasteiger partial charge in [-0.3, -0.25) is 0 Å². The van der Waals surface area contributed by atoms with Crippen molar-refractivity contribution in [3.8, 4) is 22.6 Å². The third-order valence-electron chi connectivity index (χ3n) is 6.62. The van der Waals surface area contributed by atoms with Crippen LogP contribution in [0.3, 0.4) is 0 Å². The highest BCUT2D eigenvalue weighted by atomic mass is 19.2. The third kappa shape index (κ3) is 5.97. The lowest BCUT2D eigenvalue weighted by atomic mass is 9.78. The van der Waals surface area contributed by atoms with Gasteiger partial charge in [0, 0.05) is 11.1 Å². The first-order valence-electron chi connectivity index (χ1n) is 11.9. The van der Waals surface area contributed by atoms with Crippen LogP contribution in [0.4, 0.5) is 13.2 Å². The smallest absolute Gasteiger partial charge is 0.167 e. The molecule has 1 aliphatic carbocycles. The van der Waals surface area contributed by atoms with E-state index < -0.39 is 11.6 Å². The van der Waals surface area contributed by atoms with E-state index in [4.69, 9.17) is 4.74 Å². The fourth-order valence-electron chi connectivity index (χ4n) is 4.58. The molecule has 5 heteroatoms. The maximum absolute atomic E-state index is 14.7. The predicted octanol–water partition coefficient (Wildman–Crippen LogP) is 8.42. The zero-order valence-electron chi connectivity index (χ0n) is 19.5. The van der Waals surface area contributed by atoms with Crippen LogP contribution in [0.2, 0.25) is 0 Å². The van der Waals surface area contributed by atoms with E-state index in [9.17, 15) is 18.3 Å². The number of benzene rings is 3. The van der Waals surface area contributed by atoms with Gasteiger partial charge in [-0.1, -0.05) is 48.6 Å². The molecule has 0 aromatic heterocycles. The van der Waals surface area contributed by atoms with Crippen LogP contribution in [0.15, 0.2) is 73.3 Å². The average molecular weight is 479 g/mol. The minimum atomic E-state index is -0.902. The van der Waals surface area contributed by atoms with Gasteiger partial charge in [-0.2, -0.15) is 0 Å². The van der Waals surface area contributed by atoms with Crippen molar-refractivity contribution in [2.24, 2.45) is 5.92 Å². The highest BCUT2D eigenvalue weighted by Crippen LogP contribution is 2.38. The molecule has 1 N–H and O–H groups in total. The van der Waals surface area contributed by atoms with Gasteiger partial charge >= 0.3 is 0 Å². The molecule has 35 heavy (non-hydrogen) atoms. The van der Waals surface area contributed by atoms with Crippen molar-refractivity contribution in [3.05, 3.63) is 102 Å². The van der Waals surface area contributed by atoms with E-state index in [1.807, 2.05) is 12.1 Å². The van der Waals surface area contributed by atoms with Gasteiger partial charge in [0.25, 0.3) is 0 Å². The largest absolute Gasteiger partial charge is 0.508 e. The molecular weight excluding hydrogens is 449 g/mol. The number of allylic oxidation sites excluding steroid dienone is 1. The summed E-state index contributed by atoms with van der Waals surface area (Å²) in [5.41, 5.74) is 1.84. The third-order valence-corrected chi connectivity index (χ3v) is 6.62. The van der Waals surface area contributed by atoms with Crippen molar-refractivity contribution in [1.82, 2.24) is 0 Å². The molecule has 1 fully saturated rings. The molecule has 1 saturated carbocycles. The molecule has 2 nitrogen and oxygen atoms in total. The maximum atomic E-state index is 14.7. The molecule has 3 aromatic rings. The summed E-state index contributed by atoms with van der Waals surface area (Å²) in [6.45, 7) is 4.03. The number of phenols is 1. The van der Waals surface area contributed by atoms with Crippen LogP contribution >= 0.6 is 0 Å². The van der Waals surface area contributed by atoms with E-state index in [2.05, 4.69) is 6.58 Å². The second-order valence-electron chi connectivity index (χ2n) is 8.96. The van der Waals surface area contributed by atoms with Crippen LogP contribution in [-0.2, 0) is 0 Å². The maximum Gasteiger partial charge on any atom is 0.167 e. The SMILES string of the molecule is C=CCCOc1ccc(C2CCC(/C=C/c3ccc(-c4ccc(O)cc4)c(F)c3F)CC2)cc1F. The van der Waals surface area contributed by atoms with Crippen molar-refractivity contribution in [1.29, 1.82) is 0 Å². The summed E-state index contributed by atoms with van der Waals surface area (Å²) in [6, 6.07) is 14.3. The number of aromatic hydroxyl groups is 1. The van der Waals surface area contributed by atoms with Gasteiger partial charge in [0.1, 0.15) is 5.75 Å². The zero-order valence-corrected chi connectivity index (χ0v) is 19.5. The number of ether oxygens (including phenoxy) is 1. The van der Waals surface area contributed by atoms with Crippen LogP contribution in [0.1, 0.15) is 49.1 Å². The van der Waals surface area contributed by atoms with Crippen molar-refractivity contribution in [2.45, 2.75) is 38.0 Å². The number of rotatable bonds is 8. The van der Waals surface area contributed by atoms with Gasteiger partial charge in [0.05, 0.1) is 6.61 Å². The second kappa shape index (κ2) is 11.3. The monoisotopic (exact) mass is 478 g/mol. The Morgan fingerprint density at radius 1 is 0.914 bits per heavy atom. The lowest BCUT2D eigenvalue weighted by Crippen LogP contribution is -2.12. The standard InChI is InChI=1S/C30H29F3O2/c1-2-3-18-35-28-17-13-24(19-27(28)31)21-7-4-20(5-8-21)6-9-23-12-16-26(30(33)29(23)32)22-10-14-25(34)15-11-22/h2,6,9-17,19-21,34H,1,3-5,7-8,18H2/b9-6+. The number of hydrogen-bond acceptors (Lipinski definition) is 2. The van der Waals surface area contributed by atoms with E-state index in [1.54, 1.807) is 48.6 Å². The summed E-state index contributed by atoms with van der Waals surface area (Å²) in [6.07, 6.45) is 9.61. The molecule has 182 valence electrons. The Labute approximate surface area is 204 Å². The Morgan fingerprint density at radius 3 is 2.34 bits per heavy atom. The summed E-state index contributed by atoms with van der Waals surface area (Å²) in [5.74, 6) is -1.27. The summed E-state index contributed by atoms with van der Waals surface area (Å²) in [7, 11) is 0. The van der Waals surface area contributed by atoms with Crippen LogP contribution in [0.25, 0.3) is 17.2 Å². The van der Waals surface area contributed by atoms with E-state index in [0.717, 1.165) is 31.2 Å². The average Bonchev–Trinajstić information content (AvgIpc) is 2.87. The Bertz CT molecular complexity index is 1190. The Balaban J connectivity index is 1.36. The number of hydrogen-bond donors (Lipinski definition) is 1. The molecule has 0 spiro atoms. The lowest BCUT2D eigenvalue weighted by Gasteiger charge is -2.27. The molecule has 1 aliphatic rings. The minimum absolute atomic E-state index is 0.0688. The van der Waals surface area contributed by atoms with Crippen LogP contribution in [0, 0.1) is 23.4 Å². The topological polar surface area (TPSA) is 29.5 Å². The van der Waals surface area contributed by atoms with E-state index in [0.29, 0.717) is 18.6 Å². The Morgan fingerprint density at radius 2 is 1.66 bits per heavy atom. The molecule has 0 radical (unpaired) electrons. The first kappa shape index (κ1) is 24.6. The van der Waals surface area contributed by atoms with Crippen molar-refractivity contribution >= 4 is 6.08 Å². The molecular formula is C30H29F3O2. The summed E-state index contributed by atoms with van der Waals surface area (Å²) in [4.78, 5) is 0. The van der Waals surface area contributed by atoms with Gasteiger partial charge in [-0.25, -0.2) is 13.2 Å². The first-order valence-corrected chi connectivity index (χ1v) is 11.9. The summed E-state index contributed by atoms with van der Waals surface area (Å²) < 4.78 is 49.2. The molecule has 0 saturated heterocycles. The van der Waals surface area contributed by atoms with Crippen LogP contribution in [0.5, 0.6) is 11.5 Å². The van der Waals surface area contributed by atoms with Gasteiger partial charge in [-0.05, 0) is 79.3 Å². The lowest BCUT2D eigenvalue weighted by molar-refractivity contribution is 0.307. The quantitative estimate of drug-likeness (QED) is 0.260. The van der Waals surface area contributed by atoms with Crippen molar-refractivity contribution < 1.29 is 23.0 Å². The van der Waals surface area contributed by atoms with Crippen molar-refractivity contribution in [3.63, 3.8) is 0 Å². The van der Waals surface area contributed by atoms with Gasteiger partial charge in [0.15, 0.2) is 23.2 Å². The highest BCUT2D eigenvalue weighted by Gasteiger charge is 2.22. The molecule has 0 heterocycles. The Kier molecular flexibility index (Phi) is 7.96. The fraction of sp³-hybridized carbons (Fsp3) is 0.267.